The third-order valence-corrected chi connectivity index (χ3v) is 12.5. The van der Waals surface area contributed by atoms with E-state index in [0.717, 1.165) is 67.1 Å². The topological polar surface area (TPSA) is 119 Å². The fourth-order valence-electron chi connectivity index (χ4n) is 10.2. The van der Waals surface area contributed by atoms with E-state index in [1.807, 2.05) is 42.5 Å². The Morgan fingerprint density at radius 1 is 1.11 bits per heavy atom. The summed E-state index contributed by atoms with van der Waals surface area (Å²) in [5.41, 5.74) is 2.01. The molecule has 4 N–H and O–H groups in total. The molecule has 0 spiro atoms. The van der Waals surface area contributed by atoms with E-state index in [1.165, 1.54) is 11.8 Å². The largest absolute Gasteiger partial charge is 0.460 e. The lowest BCUT2D eigenvalue weighted by Gasteiger charge is -2.61. The van der Waals surface area contributed by atoms with Gasteiger partial charge in [0.2, 0.25) is 0 Å². The molecular formula is C38H47N3O4. The number of aryl methyl sites for hydroxylation is 1. The first kappa shape index (κ1) is 30.5. The SMILES string of the molecule is CC12CC(C=N)C(=Nc3ccccc3)C=C1CCC1C2C(O)CC2(C)C1CCC2(O)C(O)CCC1=CCCc2ncccc2O1. The monoisotopic (exact) mass is 609 g/mol. The van der Waals surface area contributed by atoms with E-state index in [0.29, 0.717) is 25.7 Å². The van der Waals surface area contributed by atoms with Gasteiger partial charge < -0.3 is 25.5 Å². The molecule has 1 aromatic carbocycles. The number of nitrogens with one attached hydrogen (secondary N) is 1. The van der Waals surface area contributed by atoms with E-state index in [-0.39, 0.29) is 29.1 Å². The van der Waals surface area contributed by atoms with Crippen LogP contribution in [0.5, 0.6) is 5.75 Å². The van der Waals surface area contributed by atoms with Crippen LogP contribution in [0.15, 0.2) is 77.1 Å². The Hall–Kier alpha value is -3.13. The van der Waals surface area contributed by atoms with Gasteiger partial charge in [-0.25, -0.2) is 0 Å². The number of nitrogens with zero attached hydrogens (tertiary/aromatic N) is 2. The van der Waals surface area contributed by atoms with E-state index < -0.39 is 23.2 Å². The number of para-hydroxylation sites is 1. The molecule has 1 aromatic heterocycles. The van der Waals surface area contributed by atoms with Crippen LogP contribution in [0.3, 0.4) is 0 Å². The zero-order valence-electron chi connectivity index (χ0n) is 26.5. The van der Waals surface area contributed by atoms with Crippen LogP contribution < -0.4 is 4.74 Å². The number of pyridine rings is 1. The first-order chi connectivity index (χ1) is 21.7. The fourth-order valence-corrected chi connectivity index (χ4v) is 10.2. The van der Waals surface area contributed by atoms with Gasteiger partial charge in [0, 0.05) is 35.9 Å². The number of allylic oxidation sites excluding steroid dienone is 4. The Morgan fingerprint density at radius 2 is 1.93 bits per heavy atom. The molecule has 2 aromatic rings. The van der Waals surface area contributed by atoms with Crippen molar-refractivity contribution in [1.29, 1.82) is 5.41 Å². The molecule has 5 aliphatic rings. The van der Waals surface area contributed by atoms with Crippen molar-refractivity contribution in [3.63, 3.8) is 0 Å². The van der Waals surface area contributed by atoms with Gasteiger partial charge in [-0.15, -0.1) is 0 Å². The van der Waals surface area contributed by atoms with Gasteiger partial charge in [0.25, 0.3) is 0 Å². The summed E-state index contributed by atoms with van der Waals surface area (Å²) < 4.78 is 6.18. The number of aliphatic imine (C=N–C) groups is 1. The summed E-state index contributed by atoms with van der Waals surface area (Å²) in [5, 5.41) is 44.3. The Morgan fingerprint density at radius 3 is 2.73 bits per heavy atom. The number of hydrogen-bond donors (Lipinski definition) is 4. The maximum Gasteiger partial charge on any atom is 0.148 e. The fraction of sp³-hybridized carbons (Fsp3) is 0.553. The lowest BCUT2D eigenvalue weighted by molar-refractivity contribution is -0.203. The van der Waals surface area contributed by atoms with Gasteiger partial charge in [-0.05, 0) is 117 Å². The maximum absolute atomic E-state index is 12.3. The number of aliphatic hydroxyl groups is 3. The highest BCUT2D eigenvalue weighted by Gasteiger charge is 2.68. The molecule has 4 aliphatic carbocycles. The Kier molecular flexibility index (Phi) is 7.86. The molecule has 2 heterocycles. The second-order valence-corrected chi connectivity index (χ2v) is 14.7. The smallest absolute Gasteiger partial charge is 0.148 e. The van der Waals surface area contributed by atoms with Crippen molar-refractivity contribution in [1.82, 2.24) is 4.98 Å². The van der Waals surface area contributed by atoms with Crippen LogP contribution in [0.4, 0.5) is 5.69 Å². The lowest BCUT2D eigenvalue weighted by Crippen LogP contribution is -2.62. The number of rotatable bonds is 6. The zero-order chi connectivity index (χ0) is 31.4. The van der Waals surface area contributed by atoms with Crippen molar-refractivity contribution in [2.75, 3.05) is 0 Å². The molecule has 0 saturated heterocycles. The predicted molar refractivity (Wildman–Crippen MR) is 176 cm³/mol. The van der Waals surface area contributed by atoms with E-state index in [1.54, 1.807) is 6.20 Å². The average Bonchev–Trinajstić information content (AvgIpc) is 3.16. The van der Waals surface area contributed by atoms with Gasteiger partial charge >= 0.3 is 0 Å². The van der Waals surface area contributed by atoms with E-state index >= 15 is 0 Å². The minimum atomic E-state index is -1.27. The quantitative estimate of drug-likeness (QED) is 0.270. The Bertz CT molecular complexity index is 1540. The molecule has 7 nitrogen and oxygen atoms in total. The molecule has 45 heavy (non-hydrogen) atoms. The van der Waals surface area contributed by atoms with Gasteiger partial charge in [0.1, 0.15) is 11.5 Å². The van der Waals surface area contributed by atoms with Crippen LogP contribution in [0.1, 0.15) is 77.3 Å². The molecule has 1 aliphatic heterocycles. The summed E-state index contributed by atoms with van der Waals surface area (Å²) >= 11 is 0. The van der Waals surface area contributed by atoms with Gasteiger partial charge in [-0.3, -0.25) is 9.98 Å². The van der Waals surface area contributed by atoms with Gasteiger partial charge in [-0.1, -0.05) is 37.6 Å². The van der Waals surface area contributed by atoms with E-state index in [9.17, 15) is 15.3 Å². The molecule has 7 heteroatoms. The minimum Gasteiger partial charge on any atom is -0.460 e. The number of hydrogen-bond acceptors (Lipinski definition) is 7. The highest BCUT2D eigenvalue weighted by atomic mass is 16.5. The number of ether oxygens (including phenoxy) is 1. The van der Waals surface area contributed by atoms with Crippen molar-refractivity contribution in [3.05, 3.63) is 77.8 Å². The first-order valence-corrected chi connectivity index (χ1v) is 16.9. The van der Waals surface area contributed by atoms with Crippen molar-refractivity contribution in [3.8, 4) is 5.75 Å². The van der Waals surface area contributed by atoms with Crippen molar-refractivity contribution in [2.24, 2.45) is 39.5 Å². The summed E-state index contributed by atoms with van der Waals surface area (Å²) in [6.07, 6.45) is 13.2. The van der Waals surface area contributed by atoms with Crippen molar-refractivity contribution < 1.29 is 20.1 Å². The summed E-state index contributed by atoms with van der Waals surface area (Å²) in [4.78, 5) is 9.38. The second-order valence-electron chi connectivity index (χ2n) is 14.7. The second kappa shape index (κ2) is 11.6. The van der Waals surface area contributed by atoms with Crippen LogP contribution in [0, 0.1) is 39.9 Å². The van der Waals surface area contributed by atoms with Crippen molar-refractivity contribution in [2.45, 2.75) is 95.9 Å². The molecule has 0 amide bonds. The van der Waals surface area contributed by atoms with E-state index in [2.05, 4.69) is 31.0 Å². The van der Waals surface area contributed by atoms with Crippen molar-refractivity contribution >= 4 is 17.6 Å². The van der Waals surface area contributed by atoms with Gasteiger partial charge in [0.05, 0.1) is 29.2 Å². The summed E-state index contributed by atoms with van der Waals surface area (Å²) in [7, 11) is 0. The van der Waals surface area contributed by atoms with Crippen LogP contribution in [0.25, 0.3) is 0 Å². The number of aromatic nitrogens is 1. The Balaban J connectivity index is 1.10. The number of fused-ring (bicyclic) bond motifs is 6. The summed E-state index contributed by atoms with van der Waals surface area (Å²) in [5.74, 6) is 2.00. The third kappa shape index (κ3) is 5.02. The van der Waals surface area contributed by atoms with Crippen LogP contribution in [0.2, 0.25) is 0 Å². The predicted octanol–water partition coefficient (Wildman–Crippen LogP) is 6.74. The highest BCUT2D eigenvalue weighted by molar-refractivity contribution is 6.07. The van der Waals surface area contributed by atoms with E-state index in [4.69, 9.17) is 15.1 Å². The van der Waals surface area contributed by atoms with Gasteiger partial charge in [0.15, 0.2) is 0 Å². The normalized spacial score (nSPS) is 38.8. The average molecular weight is 610 g/mol. The van der Waals surface area contributed by atoms with Crippen LogP contribution in [-0.4, -0.2) is 50.0 Å². The molecule has 9 atom stereocenters. The number of aliphatic hydroxyl groups excluding tert-OH is 2. The standard InChI is InChI=1S/C38H47N3O4/c1-36-21-24(23-39)31(41-26-8-4-3-5-9-26)20-25(36)13-15-28-29-17-18-38(44,37(29,2)22-32(42)35(28)36)34(43)16-14-27-10-6-11-30-33(45-27)12-7-19-40-30/h3-5,7-10,12,19-20,23-24,28-29,32,34-35,39,42-44H,6,11,13-18,21-22H2,1-2H3. The molecular weight excluding hydrogens is 562 g/mol. The molecule has 9 unspecified atom stereocenters. The molecule has 3 saturated carbocycles. The molecule has 3 fully saturated rings. The molecule has 238 valence electrons. The van der Waals surface area contributed by atoms with Crippen LogP contribution >= 0.6 is 0 Å². The van der Waals surface area contributed by atoms with Crippen LogP contribution in [-0.2, 0) is 6.42 Å². The minimum absolute atomic E-state index is 0.0500. The summed E-state index contributed by atoms with van der Waals surface area (Å²) in [6.45, 7) is 4.41. The Labute approximate surface area is 266 Å². The maximum atomic E-state index is 12.3. The molecule has 7 rings (SSSR count). The highest BCUT2D eigenvalue weighted by Crippen LogP contribution is 2.68. The third-order valence-electron chi connectivity index (χ3n) is 12.5. The lowest BCUT2D eigenvalue weighted by atomic mass is 9.44. The number of benzene rings is 1. The first-order valence-electron chi connectivity index (χ1n) is 16.9. The molecule has 0 bridgehead atoms. The zero-order valence-corrected chi connectivity index (χ0v) is 26.5. The van der Waals surface area contributed by atoms with Gasteiger partial charge in [-0.2, -0.15) is 0 Å². The summed E-state index contributed by atoms with van der Waals surface area (Å²) in [6, 6.07) is 13.8. The molecule has 0 radical (unpaired) electrons.